The zero-order valence-corrected chi connectivity index (χ0v) is 16.3. The maximum Gasteiger partial charge on any atom is 0.188 e. The lowest BCUT2D eigenvalue weighted by atomic mass is 10.2. The van der Waals surface area contributed by atoms with Gasteiger partial charge in [-0.05, 0) is 32.3 Å². The topological polar surface area (TPSA) is 36.9 Å². The average molecular weight is 345 g/mol. The Kier molecular flexibility index (Phi) is 20.0. The molecule has 0 bridgehead atoms. The van der Waals surface area contributed by atoms with Crippen molar-refractivity contribution in [3.05, 3.63) is 12.3 Å². The van der Waals surface area contributed by atoms with Gasteiger partial charge >= 0.3 is 0 Å². The van der Waals surface area contributed by atoms with Gasteiger partial charge in [0, 0.05) is 26.2 Å². The van der Waals surface area contributed by atoms with E-state index in [-0.39, 0.29) is 6.29 Å². The molecule has 0 aromatic rings. The first-order chi connectivity index (χ1) is 11.8. The van der Waals surface area contributed by atoms with Gasteiger partial charge < -0.3 is 18.9 Å². The molecule has 0 saturated heterocycles. The van der Waals surface area contributed by atoms with Gasteiger partial charge in [-0.3, -0.25) is 0 Å². The highest BCUT2D eigenvalue weighted by Crippen LogP contribution is 2.10. The molecule has 0 aromatic heterocycles. The van der Waals surface area contributed by atoms with Crippen LogP contribution in [0, 0.1) is 0 Å². The Morgan fingerprint density at radius 1 is 0.792 bits per heavy atom. The molecule has 0 amide bonds. The van der Waals surface area contributed by atoms with E-state index in [0.717, 1.165) is 38.9 Å². The molecule has 144 valence electrons. The molecule has 4 heteroatoms. The molecule has 0 atom stereocenters. The molecule has 0 heterocycles. The fourth-order valence-corrected chi connectivity index (χ4v) is 2.24. The molecule has 4 nitrogen and oxygen atoms in total. The van der Waals surface area contributed by atoms with Gasteiger partial charge in [0.2, 0.25) is 0 Å². The van der Waals surface area contributed by atoms with Crippen LogP contribution in [0.15, 0.2) is 12.3 Å². The van der Waals surface area contributed by atoms with E-state index in [0.29, 0.717) is 13.4 Å². The molecule has 0 unspecified atom stereocenters. The quantitative estimate of drug-likeness (QED) is 0.168. The SMILES string of the molecule is CCCCCCOC(CCC=COCOCC)OCCCCCC. The van der Waals surface area contributed by atoms with E-state index < -0.39 is 0 Å². The second-order valence-corrected chi connectivity index (χ2v) is 6.02. The molecule has 0 aliphatic rings. The van der Waals surface area contributed by atoms with Crippen molar-refractivity contribution in [1.29, 1.82) is 0 Å². The fraction of sp³-hybridized carbons (Fsp3) is 0.900. The van der Waals surface area contributed by atoms with Gasteiger partial charge in [0.05, 0.1) is 6.26 Å². The molecular formula is C20H40O4. The Hall–Kier alpha value is -0.580. The molecule has 0 aromatic carbocycles. The summed E-state index contributed by atoms with van der Waals surface area (Å²) in [5, 5.41) is 0. The predicted octanol–water partition coefficient (Wildman–Crippen LogP) is 5.81. The van der Waals surface area contributed by atoms with E-state index in [4.69, 9.17) is 18.9 Å². The van der Waals surface area contributed by atoms with Crippen LogP contribution in [-0.4, -0.2) is 32.9 Å². The molecule has 0 radical (unpaired) electrons. The standard InChI is InChI=1S/C20H40O4/c1-4-7-9-12-17-23-20(24-18-13-10-8-5-2)15-11-14-16-22-19-21-6-3/h14,16,20H,4-13,15,17-19H2,1-3H3. The van der Waals surface area contributed by atoms with E-state index in [1.165, 1.54) is 38.5 Å². The molecule has 0 aliphatic heterocycles. The number of ether oxygens (including phenoxy) is 4. The normalized spacial score (nSPS) is 11.7. The third-order valence-electron chi connectivity index (χ3n) is 3.72. The Morgan fingerprint density at radius 3 is 1.96 bits per heavy atom. The zero-order chi connectivity index (χ0) is 17.7. The third kappa shape index (κ3) is 17.8. The van der Waals surface area contributed by atoms with Gasteiger partial charge in [0.15, 0.2) is 13.1 Å². The number of unbranched alkanes of at least 4 members (excludes halogenated alkanes) is 6. The van der Waals surface area contributed by atoms with Crippen LogP contribution in [0.5, 0.6) is 0 Å². The monoisotopic (exact) mass is 344 g/mol. The highest BCUT2D eigenvalue weighted by molar-refractivity contribution is 4.73. The van der Waals surface area contributed by atoms with Crippen LogP contribution in [0.4, 0.5) is 0 Å². The molecule has 0 N–H and O–H groups in total. The molecule has 0 rings (SSSR count). The van der Waals surface area contributed by atoms with Crippen molar-refractivity contribution in [2.24, 2.45) is 0 Å². The molecule has 0 spiro atoms. The maximum absolute atomic E-state index is 5.92. The first-order valence-electron chi connectivity index (χ1n) is 9.92. The first-order valence-corrected chi connectivity index (χ1v) is 9.92. The van der Waals surface area contributed by atoms with Gasteiger partial charge in [-0.1, -0.05) is 52.4 Å². The summed E-state index contributed by atoms with van der Waals surface area (Å²) in [5.74, 6) is 0. The summed E-state index contributed by atoms with van der Waals surface area (Å²) in [5.41, 5.74) is 0. The van der Waals surface area contributed by atoms with Crippen LogP contribution in [0.3, 0.4) is 0 Å². The zero-order valence-electron chi connectivity index (χ0n) is 16.3. The van der Waals surface area contributed by atoms with Crippen LogP contribution < -0.4 is 0 Å². The highest BCUT2D eigenvalue weighted by Gasteiger charge is 2.08. The van der Waals surface area contributed by atoms with Crippen LogP contribution >= 0.6 is 0 Å². The summed E-state index contributed by atoms with van der Waals surface area (Å²) in [4.78, 5) is 0. The van der Waals surface area contributed by atoms with Gasteiger partial charge in [-0.25, -0.2) is 0 Å². The lowest BCUT2D eigenvalue weighted by Gasteiger charge is -2.18. The summed E-state index contributed by atoms with van der Waals surface area (Å²) in [6.07, 6.45) is 15.2. The van der Waals surface area contributed by atoms with E-state index >= 15 is 0 Å². The predicted molar refractivity (Wildman–Crippen MR) is 99.9 cm³/mol. The smallest absolute Gasteiger partial charge is 0.188 e. The summed E-state index contributed by atoms with van der Waals surface area (Å²) >= 11 is 0. The fourth-order valence-electron chi connectivity index (χ4n) is 2.24. The largest absolute Gasteiger partial charge is 0.475 e. The second-order valence-electron chi connectivity index (χ2n) is 6.02. The summed E-state index contributed by atoms with van der Waals surface area (Å²) in [6, 6.07) is 0. The number of allylic oxidation sites excluding steroid dienone is 1. The van der Waals surface area contributed by atoms with Crippen molar-refractivity contribution in [1.82, 2.24) is 0 Å². The maximum atomic E-state index is 5.92. The van der Waals surface area contributed by atoms with Crippen molar-refractivity contribution in [2.75, 3.05) is 26.6 Å². The van der Waals surface area contributed by atoms with Crippen molar-refractivity contribution >= 4 is 0 Å². The molecule has 24 heavy (non-hydrogen) atoms. The first kappa shape index (κ1) is 23.4. The Labute approximate surface area is 149 Å². The van der Waals surface area contributed by atoms with E-state index in [2.05, 4.69) is 13.8 Å². The van der Waals surface area contributed by atoms with Crippen LogP contribution in [0.1, 0.15) is 85.0 Å². The molecule has 0 fully saturated rings. The van der Waals surface area contributed by atoms with Crippen molar-refractivity contribution in [3.8, 4) is 0 Å². The second kappa shape index (κ2) is 20.5. The summed E-state index contributed by atoms with van der Waals surface area (Å²) < 4.78 is 22.2. The van der Waals surface area contributed by atoms with Crippen molar-refractivity contribution in [3.63, 3.8) is 0 Å². The van der Waals surface area contributed by atoms with Gasteiger partial charge in [-0.2, -0.15) is 0 Å². The van der Waals surface area contributed by atoms with Crippen molar-refractivity contribution < 1.29 is 18.9 Å². The average Bonchev–Trinajstić information content (AvgIpc) is 2.59. The Morgan fingerprint density at radius 2 is 1.42 bits per heavy atom. The molecule has 0 saturated carbocycles. The minimum atomic E-state index is -0.0928. The Bertz CT molecular complexity index is 242. The molecular weight excluding hydrogens is 304 g/mol. The van der Waals surface area contributed by atoms with Crippen molar-refractivity contribution in [2.45, 2.75) is 91.3 Å². The minimum absolute atomic E-state index is 0.0928. The minimum Gasteiger partial charge on any atom is -0.475 e. The summed E-state index contributed by atoms with van der Waals surface area (Å²) in [6.45, 7) is 8.99. The van der Waals surface area contributed by atoms with Gasteiger partial charge in [-0.15, -0.1) is 0 Å². The lowest BCUT2D eigenvalue weighted by Crippen LogP contribution is -2.18. The van der Waals surface area contributed by atoms with Crippen LogP contribution in [-0.2, 0) is 18.9 Å². The number of hydrogen-bond acceptors (Lipinski definition) is 4. The number of rotatable bonds is 19. The Balaban J connectivity index is 3.84. The number of hydrogen-bond donors (Lipinski definition) is 0. The van der Waals surface area contributed by atoms with E-state index in [9.17, 15) is 0 Å². The lowest BCUT2D eigenvalue weighted by molar-refractivity contribution is -0.146. The van der Waals surface area contributed by atoms with Gasteiger partial charge in [0.1, 0.15) is 0 Å². The van der Waals surface area contributed by atoms with Crippen LogP contribution in [0.2, 0.25) is 0 Å². The van der Waals surface area contributed by atoms with E-state index in [1.54, 1.807) is 6.26 Å². The molecule has 0 aliphatic carbocycles. The van der Waals surface area contributed by atoms with E-state index in [1.807, 2.05) is 13.0 Å². The highest BCUT2D eigenvalue weighted by atomic mass is 16.7. The summed E-state index contributed by atoms with van der Waals surface area (Å²) in [7, 11) is 0. The van der Waals surface area contributed by atoms with Gasteiger partial charge in [0.25, 0.3) is 0 Å². The third-order valence-corrected chi connectivity index (χ3v) is 3.72. The van der Waals surface area contributed by atoms with Crippen LogP contribution in [0.25, 0.3) is 0 Å².